The van der Waals surface area contributed by atoms with Gasteiger partial charge in [0.1, 0.15) is 12.1 Å². The molecule has 0 aromatic heterocycles. The van der Waals surface area contributed by atoms with Gasteiger partial charge in [-0.25, -0.2) is 0 Å². The average molecular weight is 618 g/mol. The van der Waals surface area contributed by atoms with Gasteiger partial charge >= 0.3 is 17.9 Å². The summed E-state index contributed by atoms with van der Waals surface area (Å²) in [6.07, 6.45) is -1.83. The summed E-state index contributed by atoms with van der Waals surface area (Å²) in [4.78, 5) is 89.8. The highest BCUT2D eigenvalue weighted by atomic mass is 16.4. The van der Waals surface area contributed by atoms with Crippen molar-refractivity contribution in [1.29, 1.82) is 0 Å². The number of carbonyl (C=O) groups excluding carboxylic acids is 4. The number of Topliss-reactive ketones (excluding diaryl/α,β-unsaturated/α-hetero) is 1. The van der Waals surface area contributed by atoms with Gasteiger partial charge in [-0.1, -0.05) is 0 Å². The Morgan fingerprint density at radius 2 is 1.02 bits per heavy atom. The summed E-state index contributed by atoms with van der Waals surface area (Å²) in [7, 11) is 0. The number of hydrogen-bond donors (Lipinski definition) is 7. The molecule has 1 aliphatic heterocycles. The van der Waals surface area contributed by atoms with E-state index in [9.17, 15) is 54.0 Å². The van der Waals surface area contributed by atoms with Gasteiger partial charge < -0.3 is 36.8 Å². The van der Waals surface area contributed by atoms with E-state index in [0.717, 1.165) is 6.92 Å². The third-order valence-electron chi connectivity index (χ3n) is 6.65. The number of carboxylic acids is 3. The predicted molar refractivity (Wildman–Crippen MR) is 149 cm³/mol. The van der Waals surface area contributed by atoms with Gasteiger partial charge in [-0.2, -0.15) is 0 Å². The number of nitrogens with zero attached hydrogens (tertiary/aromatic N) is 4. The second-order valence-electron chi connectivity index (χ2n) is 10.4. The first-order valence-corrected chi connectivity index (χ1v) is 13.7. The number of carbonyl (C=O) groups is 7. The first kappa shape index (κ1) is 37.3. The fourth-order valence-corrected chi connectivity index (χ4v) is 4.45. The molecule has 1 fully saturated rings. The first-order valence-electron chi connectivity index (χ1n) is 13.7. The Labute approximate surface area is 248 Å². The minimum atomic E-state index is -1.45. The van der Waals surface area contributed by atoms with Crippen molar-refractivity contribution in [2.75, 3.05) is 78.5 Å². The normalized spacial score (nSPS) is 18.7. The number of rotatable bonds is 15. The van der Waals surface area contributed by atoms with Crippen molar-refractivity contribution < 1.29 is 54.0 Å². The van der Waals surface area contributed by atoms with E-state index in [2.05, 4.69) is 10.6 Å². The second kappa shape index (κ2) is 18.7. The lowest BCUT2D eigenvalue weighted by atomic mass is 10.1. The topological polar surface area (TPSA) is 263 Å². The van der Waals surface area contributed by atoms with Crippen LogP contribution in [0.25, 0.3) is 0 Å². The van der Waals surface area contributed by atoms with Crippen molar-refractivity contribution >= 4 is 41.4 Å². The molecule has 244 valence electrons. The van der Waals surface area contributed by atoms with Gasteiger partial charge in [0, 0.05) is 52.4 Å². The zero-order valence-electron chi connectivity index (χ0n) is 24.4. The summed E-state index contributed by atoms with van der Waals surface area (Å²) in [5.74, 6) is -6.35. The van der Waals surface area contributed by atoms with Crippen LogP contribution in [0.15, 0.2) is 0 Å². The maximum absolute atomic E-state index is 13.0. The van der Waals surface area contributed by atoms with Gasteiger partial charge in [0.2, 0.25) is 17.7 Å². The molecular formula is C25H43N7O11. The molecule has 1 aliphatic rings. The van der Waals surface area contributed by atoms with E-state index in [1.807, 2.05) is 0 Å². The largest absolute Gasteiger partial charge is 0.480 e. The lowest BCUT2D eigenvalue weighted by molar-refractivity contribution is -0.140. The third kappa shape index (κ3) is 15.9. The Bertz CT molecular complexity index is 978. The number of nitrogens with one attached hydrogen (secondary N) is 2. The number of carboxylic acid groups (broad SMARTS) is 3. The Hall–Kier alpha value is -3.71. The Morgan fingerprint density at radius 1 is 0.674 bits per heavy atom. The molecule has 43 heavy (non-hydrogen) atoms. The maximum Gasteiger partial charge on any atom is 0.317 e. The summed E-state index contributed by atoms with van der Waals surface area (Å²) in [6.45, 7) is 2.58. The smallest absolute Gasteiger partial charge is 0.317 e. The number of ketones is 1. The van der Waals surface area contributed by atoms with Crippen LogP contribution in [-0.2, 0) is 33.6 Å². The van der Waals surface area contributed by atoms with Crippen LogP contribution in [0.5, 0.6) is 0 Å². The molecule has 0 bridgehead atoms. The van der Waals surface area contributed by atoms with Crippen LogP contribution < -0.4 is 16.4 Å². The molecule has 0 radical (unpaired) electrons. The van der Waals surface area contributed by atoms with Crippen molar-refractivity contribution in [3.05, 3.63) is 0 Å². The Balaban J connectivity index is 3.10. The molecule has 18 heteroatoms. The molecule has 0 aromatic carbocycles. The van der Waals surface area contributed by atoms with E-state index in [-0.39, 0.29) is 78.5 Å². The van der Waals surface area contributed by atoms with Gasteiger partial charge in [0.15, 0.2) is 5.78 Å². The molecule has 3 amide bonds. The van der Waals surface area contributed by atoms with Crippen LogP contribution in [-0.4, -0.2) is 178 Å². The maximum atomic E-state index is 13.0. The molecule has 1 heterocycles. The summed E-state index contributed by atoms with van der Waals surface area (Å²) in [6, 6.07) is -2.73. The standard InChI is InChI=1S/C25H43N7O11/c1-16(33)24(17(2)34)28-25(43)18(11-19(26)35)27-20(36)12-29-3-5-30(13-21(37)38)7-9-32(15-23(41)42)10-8-31(6-4-29)14-22(39)40/h16,18,24,33H,3-15H2,1-2H3,(H2,26,35)(H,27,36)(H,28,43)(H,37,38)(H,39,40)(H,41,42). The van der Waals surface area contributed by atoms with Crippen molar-refractivity contribution in [1.82, 2.24) is 30.2 Å². The molecule has 0 saturated carbocycles. The van der Waals surface area contributed by atoms with Crippen molar-refractivity contribution in [2.24, 2.45) is 5.73 Å². The van der Waals surface area contributed by atoms with Crippen molar-refractivity contribution in [2.45, 2.75) is 38.5 Å². The van der Waals surface area contributed by atoms with Crippen LogP contribution in [0.2, 0.25) is 0 Å². The average Bonchev–Trinajstić information content (AvgIpc) is 2.86. The number of aliphatic carboxylic acids is 3. The molecule has 3 atom stereocenters. The fraction of sp³-hybridized carbons (Fsp3) is 0.720. The zero-order valence-corrected chi connectivity index (χ0v) is 24.4. The Morgan fingerprint density at radius 3 is 1.30 bits per heavy atom. The number of aliphatic hydroxyl groups is 1. The molecule has 18 nitrogen and oxygen atoms in total. The van der Waals surface area contributed by atoms with Crippen LogP contribution in [0.3, 0.4) is 0 Å². The van der Waals surface area contributed by atoms with E-state index in [0.29, 0.717) is 0 Å². The molecule has 0 aromatic rings. The minimum Gasteiger partial charge on any atom is -0.480 e. The van der Waals surface area contributed by atoms with Crippen LogP contribution >= 0.6 is 0 Å². The van der Waals surface area contributed by atoms with Crippen LogP contribution in [0.4, 0.5) is 0 Å². The highest BCUT2D eigenvalue weighted by Gasteiger charge is 2.29. The number of nitrogens with two attached hydrogens (primary N) is 1. The van der Waals surface area contributed by atoms with Gasteiger partial charge in [-0.05, 0) is 13.8 Å². The number of amides is 3. The van der Waals surface area contributed by atoms with Crippen molar-refractivity contribution in [3.63, 3.8) is 0 Å². The van der Waals surface area contributed by atoms with Gasteiger partial charge in [-0.3, -0.25) is 53.2 Å². The van der Waals surface area contributed by atoms with E-state index in [4.69, 9.17) is 5.73 Å². The van der Waals surface area contributed by atoms with Crippen molar-refractivity contribution in [3.8, 4) is 0 Å². The van der Waals surface area contributed by atoms with Gasteiger partial charge in [-0.15, -0.1) is 0 Å². The molecule has 1 saturated heterocycles. The summed E-state index contributed by atoms with van der Waals surface area (Å²) in [5, 5.41) is 42.5. The molecule has 0 spiro atoms. The Kier molecular flexibility index (Phi) is 16.3. The number of hydrogen-bond acceptors (Lipinski definition) is 12. The van der Waals surface area contributed by atoms with E-state index in [1.54, 1.807) is 19.6 Å². The molecule has 0 aliphatic carbocycles. The highest BCUT2D eigenvalue weighted by molar-refractivity contribution is 5.95. The molecule has 1 rings (SSSR count). The first-order chi connectivity index (χ1) is 20.1. The summed E-state index contributed by atoms with van der Waals surface area (Å²) < 4.78 is 0. The molecule has 3 unspecified atom stereocenters. The quantitative estimate of drug-likeness (QED) is 0.0910. The molecule has 8 N–H and O–H groups in total. The SMILES string of the molecule is CC(=O)C(NC(=O)C(CC(N)=O)NC(=O)CN1CCN(CC(=O)O)CCN(CC(=O)O)CCN(CC(=O)O)CC1)C(C)O. The predicted octanol–water partition coefficient (Wildman–Crippen LogP) is -4.72. The van der Waals surface area contributed by atoms with Crippen LogP contribution in [0.1, 0.15) is 20.3 Å². The zero-order chi connectivity index (χ0) is 32.7. The number of primary amides is 1. The number of aliphatic hydroxyl groups excluding tert-OH is 1. The molecular weight excluding hydrogens is 574 g/mol. The van der Waals surface area contributed by atoms with E-state index in [1.165, 1.54) is 6.92 Å². The lowest BCUT2D eigenvalue weighted by Gasteiger charge is -2.33. The summed E-state index contributed by atoms with van der Waals surface area (Å²) >= 11 is 0. The van der Waals surface area contributed by atoms with Crippen LogP contribution in [0, 0.1) is 0 Å². The monoisotopic (exact) mass is 617 g/mol. The van der Waals surface area contributed by atoms with Gasteiger partial charge in [0.25, 0.3) is 0 Å². The summed E-state index contributed by atoms with van der Waals surface area (Å²) in [5.41, 5.74) is 5.25. The second-order valence-corrected chi connectivity index (χ2v) is 10.4. The third-order valence-corrected chi connectivity index (χ3v) is 6.65. The van der Waals surface area contributed by atoms with E-state index < -0.39 is 66.0 Å². The fourth-order valence-electron chi connectivity index (χ4n) is 4.45. The minimum absolute atomic E-state index is 0.154. The highest BCUT2D eigenvalue weighted by Crippen LogP contribution is 2.03. The van der Waals surface area contributed by atoms with E-state index >= 15 is 0 Å². The lowest BCUT2D eigenvalue weighted by Crippen LogP contribution is -2.56. The van der Waals surface area contributed by atoms with Gasteiger partial charge in [0.05, 0.1) is 38.7 Å².